The number of rotatable bonds is 4. The summed E-state index contributed by atoms with van der Waals surface area (Å²) in [4.78, 5) is 24.8. The molecule has 0 spiro atoms. The number of carbonyl (C=O) groups excluding carboxylic acids is 1. The summed E-state index contributed by atoms with van der Waals surface area (Å²) >= 11 is 0. The fourth-order valence-electron chi connectivity index (χ4n) is 3.29. The van der Waals surface area contributed by atoms with Gasteiger partial charge in [0.1, 0.15) is 15.9 Å². The lowest BCUT2D eigenvalue weighted by atomic mass is 9.94. The van der Waals surface area contributed by atoms with E-state index in [0.717, 1.165) is 25.5 Å². The van der Waals surface area contributed by atoms with Crippen LogP contribution in [-0.4, -0.2) is 54.9 Å². The van der Waals surface area contributed by atoms with E-state index >= 15 is 0 Å². The molecule has 1 amide bonds. The zero-order valence-electron chi connectivity index (χ0n) is 10.9. The fourth-order valence-corrected chi connectivity index (χ4v) is 3.84. The van der Waals surface area contributed by atoms with Crippen LogP contribution in [0.5, 0.6) is 0 Å². The van der Waals surface area contributed by atoms with E-state index in [1.54, 1.807) is 0 Å². The number of amides is 1. The van der Waals surface area contributed by atoms with E-state index in [4.69, 9.17) is 0 Å². The number of sulfone groups is 1. The standard InChI is InChI=1S/C12H19NO5S/c1-19(17,18)6-5-10(14)13-7-8-3-2-4-9(8)11(13)12(15)16/h8-9,11H,2-7H2,1H3,(H,15,16). The molecule has 1 heterocycles. The third-order valence-corrected chi connectivity index (χ3v) is 5.10. The smallest absolute Gasteiger partial charge is 0.326 e. The molecule has 0 aromatic carbocycles. The highest BCUT2D eigenvalue weighted by Gasteiger charge is 2.49. The minimum absolute atomic E-state index is 0.0414. The molecule has 108 valence electrons. The highest BCUT2D eigenvalue weighted by Crippen LogP contribution is 2.42. The minimum atomic E-state index is -3.20. The number of hydrogen-bond donors (Lipinski definition) is 1. The topological polar surface area (TPSA) is 91.8 Å². The minimum Gasteiger partial charge on any atom is -0.480 e. The highest BCUT2D eigenvalue weighted by molar-refractivity contribution is 7.90. The van der Waals surface area contributed by atoms with E-state index in [-0.39, 0.29) is 29.9 Å². The van der Waals surface area contributed by atoms with Crippen LogP contribution < -0.4 is 0 Å². The molecule has 0 radical (unpaired) electrons. The zero-order valence-corrected chi connectivity index (χ0v) is 11.7. The number of carbonyl (C=O) groups is 2. The zero-order chi connectivity index (χ0) is 14.2. The summed E-state index contributed by atoms with van der Waals surface area (Å²) in [6.07, 6.45) is 3.78. The Morgan fingerprint density at radius 1 is 1.32 bits per heavy atom. The molecular formula is C12H19NO5S. The van der Waals surface area contributed by atoms with Gasteiger partial charge in [0.15, 0.2) is 0 Å². The Bertz CT molecular complexity index is 486. The van der Waals surface area contributed by atoms with Crippen molar-refractivity contribution in [1.29, 1.82) is 0 Å². The Balaban J connectivity index is 2.06. The van der Waals surface area contributed by atoms with Gasteiger partial charge in [0.05, 0.1) is 5.75 Å². The number of nitrogens with zero attached hydrogens (tertiary/aromatic N) is 1. The molecule has 2 rings (SSSR count). The van der Waals surface area contributed by atoms with Gasteiger partial charge in [-0.2, -0.15) is 0 Å². The summed E-state index contributed by atoms with van der Waals surface area (Å²) in [6.45, 7) is 0.463. The monoisotopic (exact) mass is 289 g/mol. The molecule has 1 aliphatic carbocycles. The van der Waals surface area contributed by atoms with Gasteiger partial charge < -0.3 is 10.0 Å². The predicted molar refractivity (Wildman–Crippen MR) is 68.3 cm³/mol. The molecule has 0 aromatic heterocycles. The Kier molecular flexibility index (Phi) is 3.85. The Hall–Kier alpha value is -1.11. The first kappa shape index (κ1) is 14.3. The van der Waals surface area contributed by atoms with Crippen molar-refractivity contribution in [2.45, 2.75) is 31.7 Å². The summed E-state index contributed by atoms with van der Waals surface area (Å²) in [7, 11) is -3.20. The SMILES string of the molecule is CS(=O)(=O)CCC(=O)N1CC2CCCC2C1C(=O)O. The summed E-state index contributed by atoms with van der Waals surface area (Å²) in [5.74, 6) is -1.23. The van der Waals surface area contributed by atoms with E-state index in [2.05, 4.69) is 0 Å². The Morgan fingerprint density at radius 2 is 2.00 bits per heavy atom. The van der Waals surface area contributed by atoms with Gasteiger partial charge in [0.2, 0.25) is 5.91 Å². The van der Waals surface area contributed by atoms with Crippen LogP contribution in [0.4, 0.5) is 0 Å². The maximum Gasteiger partial charge on any atom is 0.326 e. The van der Waals surface area contributed by atoms with Gasteiger partial charge in [0.25, 0.3) is 0 Å². The van der Waals surface area contributed by atoms with Gasteiger partial charge in [-0.3, -0.25) is 4.79 Å². The third-order valence-electron chi connectivity index (χ3n) is 4.15. The van der Waals surface area contributed by atoms with Crippen molar-refractivity contribution in [1.82, 2.24) is 4.90 Å². The van der Waals surface area contributed by atoms with Gasteiger partial charge in [-0.1, -0.05) is 6.42 Å². The van der Waals surface area contributed by atoms with Gasteiger partial charge in [0, 0.05) is 19.2 Å². The van der Waals surface area contributed by atoms with Crippen molar-refractivity contribution in [2.24, 2.45) is 11.8 Å². The van der Waals surface area contributed by atoms with E-state index in [9.17, 15) is 23.1 Å². The highest BCUT2D eigenvalue weighted by atomic mass is 32.2. The Morgan fingerprint density at radius 3 is 2.58 bits per heavy atom. The van der Waals surface area contributed by atoms with E-state index < -0.39 is 21.8 Å². The molecule has 1 N–H and O–H groups in total. The quantitative estimate of drug-likeness (QED) is 0.794. The Labute approximate surface area is 112 Å². The van der Waals surface area contributed by atoms with Crippen LogP contribution in [0.3, 0.4) is 0 Å². The predicted octanol–water partition coefficient (Wildman–Crippen LogP) is 0.133. The van der Waals surface area contributed by atoms with Crippen molar-refractivity contribution in [3.8, 4) is 0 Å². The number of fused-ring (bicyclic) bond motifs is 1. The van der Waals surface area contributed by atoms with Crippen molar-refractivity contribution in [3.63, 3.8) is 0 Å². The molecule has 7 heteroatoms. The van der Waals surface area contributed by atoms with Gasteiger partial charge in [-0.15, -0.1) is 0 Å². The van der Waals surface area contributed by atoms with Crippen molar-refractivity contribution >= 4 is 21.7 Å². The van der Waals surface area contributed by atoms with E-state index in [0.29, 0.717) is 6.54 Å². The van der Waals surface area contributed by atoms with Gasteiger partial charge in [-0.25, -0.2) is 13.2 Å². The fraction of sp³-hybridized carbons (Fsp3) is 0.833. The van der Waals surface area contributed by atoms with Crippen LogP contribution in [0.15, 0.2) is 0 Å². The summed E-state index contributed by atoms with van der Waals surface area (Å²) in [5.41, 5.74) is 0. The number of carboxylic acid groups (broad SMARTS) is 1. The van der Waals surface area contributed by atoms with Crippen molar-refractivity contribution in [3.05, 3.63) is 0 Å². The lowest BCUT2D eigenvalue weighted by Gasteiger charge is -2.24. The van der Waals surface area contributed by atoms with Crippen LogP contribution >= 0.6 is 0 Å². The number of carboxylic acids is 1. The first-order valence-corrected chi connectivity index (χ1v) is 8.55. The molecule has 1 saturated heterocycles. The van der Waals surface area contributed by atoms with Crippen LogP contribution in [-0.2, 0) is 19.4 Å². The molecule has 6 nitrogen and oxygen atoms in total. The molecule has 2 fully saturated rings. The summed E-state index contributed by atoms with van der Waals surface area (Å²) < 4.78 is 22.1. The second-order valence-corrected chi connectivity index (χ2v) is 7.82. The lowest BCUT2D eigenvalue weighted by Crippen LogP contribution is -2.43. The average molecular weight is 289 g/mol. The van der Waals surface area contributed by atoms with Crippen molar-refractivity contribution < 1.29 is 23.1 Å². The number of hydrogen-bond acceptors (Lipinski definition) is 4. The molecule has 19 heavy (non-hydrogen) atoms. The molecular weight excluding hydrogens is 270 g/mol. The first-order chi connectivity index (χ1) is 8.79. The molecule has 0 bridgehead atoms. The van der Waals surface area contributed by atoms with Crippen LogP contribution in [0.1, 0.15) is 25.7 Å². The second kappa shape index (κ2) is 5.11. The summed E-state index contributed by atoms with van der Waals surface area (Å²) in [5, 5.41) is 9.30. The van der Waals surface area contributed by atoms with E-state index in [1.807, 2.05) is 0 Å². The molecule has 3 unspecified atom stereocenters. The average Bonchev–Trinajstić information content (AvgIpc) is 2.82. The van der Waals surface area contributed by atoms with Crippen LogP contribution in [0, 0.1) is 11.8 Å². The first-order valence-electron chi connectivity index (χ1n) is 6.49. The van der Waals surface area contributed by atoms with Gasteiger partial charge >= 0.3 is 5.97 Å². The van der Waals surface area contributed by atoms with Crippen LogP contribution in [0.2, 0.25) is 0 Å². The number of aliphatic carboxylic acids is 1. The molecule has 3 atom stereocenters. The van der Waals surface area contributed by atoms with Crippen molar-refractivity contribution in [2.75, 3.05) is 18.6 Å². The third kappa shape index (κ3) is 3.08. The largest absolute Gasteiger partial charge is 0.480 e. The summed E-state index contributed by atoms with van der Waals surface area (Å²) in [6, 6.07) is -0.764. The molecule has 1 saturated carbocycles. The number of likely N-dealkylation sites (tertiary alicyclic amines) is 1. The lowest BCUT2D eigenvalue weighted by molar-refractivity contribution is -0.149. The molecule has 0 aromatic rings. The normalized spacial score (nSPS) is 30.4. The van der Waals surface area contributed by atoms with Gasteiger partial charge in [-0.05, 0) is 24.7 Å². The maximum absolute atomic E-state index is 12.0. The molecule has 1 aliphatic heterocycles. The maximum atomic E-state index is 12.0. The van der Waals surface area contributed by atoms with E-state index in [1.165, 1.54) is 4.90 Å². The second-order valence-electron chi connectivity index (χ2n) is 5.56. The van der Waals surface area contributed by atoms with Crippen LogP contribution in [0.25, 0.3) is 0 Å². The molecule has 2 aliphatic rings.